The van der Waals surface area contributed by atoms with Gasteiger partial charge in [-0.15, -0.1) is 0 Å². The Balaban J connectivity index is 1.54. The Bertz CT molecular complexity index is 804. The van der Waals surface area contributed by atoms with E-state index < -0.39 is 5.97 Å². The van der Waals surface area contributed by atoms with Crippen LogP contribution < -0.4 is 0 Å². The van der Waals surface area contributed by atoms with Crippen molar-refractivity contribution in [1.82, 2.24) is 5.16 Å². The molecule has 0 aliphatic heterocycles. The zero-order valence-electron chi connectivity index (χ0n) is 11.9. The Hall–Kier alpha value is -2.60. The number of nitrogens with zero attached hydrogens (tertiary/aromatic N) is 1. The van der Waals surface area contributed by atoms with Gasteiger partial charge in [0.1, 0.15) is 12.3 Å². The third-order valence-corrected chi connectivity index (χ3v) is 3.50. The zero-order valence-corrected chi connectivity index (χ0v) is 13.5. The molecule has 2 heterocycles. The highest BCUT2D eigenvalue weighted by molar-refractivity contribution is 9.10. The van der Waals surface area contributed by atoms with Gasteiger partial charge in [0.25, 0.3) is 0 Å². The first-order valence-electron chi connectivity index (χ1n) is 6.80. The lowest BCUT2D eigenvalue weighted by atomic mass is 10.2. The standard InChI is InChI=1S/C17H12BrNO4/c18-13-6-3-12(4-7-13)5-8-17(20)22-11-14-10-16(23-19-14)15-2-1-9-21-15/h1-10H,11H2/b8-5+. The molecule has 6 heteroatoms. The Morgan fingerprint density at radius 2 is 2.04 bits per heavy atom. The van der Waals surface area contributed by atoms with Crippen LogP contribution in [0, 0.1) is 0 Å². The Labute approximate surface area is 140 Å². The van der Waals surface area contributed by atoms with Crippen LogP contribution in [0.15, 0.2) is 68.2 Å². The first kappa shape index (κ1) is 15.3. The van der Waals surface area contributed by atoms with E-state index in [1.165, 1.54) is 6.08 Å². The molecule has 23 heavy (non-hydrogen) atoms. The fourth-order valence-electron chi connectivity index (χ4n) is 1.85. The molecule has 3 aromatic rings. The van der Waals surface area contributed by atoms with Crippen molar-refractivity contribution >= 4 is 28.0 Å². The number of hydrogen-bond donors (Lipinski definition) is 0. The first-order chi connectivity index (χ1) is 11.2. The van der Waals surface area contributed by atoms with Crippen LogP contribution in [0.3, 0.4) is 0 Å². The molecule has 0 spiro atoms. The molecule has 0 N–H and O–H groups in total. The summed E-state index contributed by atoms with van der Waals surface area (Å²) < 4.78 is 16.4. The number of carbonyl (C=O) groups is 1. The maximum absolute atomic E-state index is 11.7. The van der Waals surface area contributed by atoms with Gasteiger partial charge >= 0.3 is 5.97 Å². The molecular weight excluding hydrogens is 362 g/mol. The topological polar surface area (TPSA) is 65.5 Å². The monoisotopic (exact) mass is 373 g/mol. The van der Waals surface area contributed by atoms with Crippen LogP contribution in [0.2, 0.25) is 0 Å². The van der Waals surface area contributed by atoms with Crippen molar-refractivity contribution in [2.24, 2.45) is 0 Å². The van der Waals surface area contributed by atoms with Gasteiger partial charge in [-0.2, -0.15) is 0 Å². The molecule has 0 saturated carbocycles. The Kier molecular flexibility index (Phi) is 4.73. The number of benzene rings is 1. The number of furan rings is 1. The molecule has 1 aromatic carbocycles. The maximum Gasteiger partial charge on any atom is 0.331 e. The summed E-state index contributed by atoms with van der Waals surface area (Å²) in [5.74, 6) is 0.618. The zero-order chi connectivity index (χ0) is 16.1. The predicted molar refractivity (Wildman–Crippen MR) is 87.2 cm³/mol. The van der Waals surface area contributed by atoms with Crippen LogP contribution in [0.25, 0.3) is 17.6 Å². The molecule has 0 amide bonds. The van der Waals surface area contributed by atoms with Gasteiger partial charge in [0.05, 0.1) is 6.26 Å². The summed E-state index contributed by atoms with van der Waals surface area (Å²) in [7, 11) is 0. The highest BCUT2D eigenvalue weighted by atomic mass is 79.9. The SMILES string of the molecule is O=C(/C=C/c1ccc(Br)cc1)OCc1cc(-c2ccco2)on1. The van der Waals surface area contributed by atoms with Gasteiger partial charge < -0.3 is 13.7 Å². The minimum Gasteiger partial charge on any atom is -0.461 e. The van der Waals surface area contributed by atoms with E-state index in [2.05, 4.69) is 21.1 Å². The third-order valence-electron chi connectivity index (χ3n) is 2.97. The van der Waals surface area contributed by atoms with E-state index in [0.717, 1.165) is 10.0 Å². The molecule has 0 unspecified atom stereocenters. The second kappa shape index (κ2) is 7.11. The van der Waals surface area contributed by atoms with Crippen LogP contribution in [-0.4, -0.2) is 11.1 Å². The lowest BCUT2D eigenvalue weighted by Crippen LogP contribution is -2.00. The van der Waals surface area contributed by atoms with Crippen molar-refractivity contribution in [2.75, 3.05) is 0 Å². The van der Waals surface area contributed by atoms with Crippen molar-refractivity contribution in [3.63, 3.8) is 0 Å². The summed E-state index contributed by atoms with van der Waals surface area (Å²) in [6, 6.07) is 12.8. The molecular formula is C17H12BrNO4. The smallest absolute Gasteiger partial charge is 0.331 e. The molecule has 0 radical (unpaired) electrons. The number of esters is 1. The average Bonchev–Trinajstić information content (AvgIpc) is 3.23. The molecule has 116 valence electrons. The van der Waals surface area contributed by atoms with Gasteiger partial charge in [0, 0.05) is 16.6 Å². The van der Waals surface area contributed by atoms with E-state index in [-0.39, 0.29) is 6.61 Å². The molecule has 0 aliphatic rings. The van der Waals surface area contributed by atoms with Crippen molar-refractivity contribution < 1.29 is 18.5 Å². The molecule has 3 rings (SSSR count). The predicted octanol–water partition coefficient (Wildman–Crippen LogP) is 4.45. The molecule has 0 atom stereocenters. The summed E-state index contributed by atoms with van der Waals surface area (Å²) in [6.07, 6.45) is 4.60. The Morgan fingerprint density at radius 1 is 1.22 bits per heavy atom. The van der Waals surface area contributed by atoms with Crippen molar-refractivity contribution in [3.05, 3.63) is 70.5 Å². The van der Waals surface area contributed by atoms with E-state index in [1.807, 2.05) is 24.3 Å². The van der Waals surface area contributed by atoms with Crippen molar-refractivity contribution in [1.29, 1.82) is 0 Å². The third kappa shape index (κ3) is 4.20. The van der Waals surface area contributed by atoms with Crippen LogP contribution in [0.4, 0.5) is 0 Å². The summed E-state index contributed by atoms with van der Waals surface area (Å²) >= 11 is 3.35. The average molecular weight is 374 g/mol. The van der Waals surface area contributed by atoms with Gasteiger partial charge in [-0.05, 0) is 35.9 Å². The summed E-state index contributed by atoms with van der Waals surface area (Å²) in [4.78, 5) is 11.7. The summed E-state index contributed by atoms with van der Waals surface area (Å²) in [6.45, 7) is 0.0354. The second-order valence-corrected chi connectivity index (χ2v) is 5.57. The summed E-state index contributed by atoms with van der Waals surface area (Å²) in [5.41, 5.74) is 1.42. The highest BCUT2D eigenvalue weighted by Gasteiger charge is 2.10. The fourth-order valence-corrected chi connectivity index (χ4v) is 2.11. The van der Waals surface area contributed by atoms with E-state index in [4.69, 9.17) is 13.7 Å². The number of rotatable bonds is 5. The largest absolute Gasteiger partial charge is 0.461 e. The molecule has 0 saturated heterocycles. The second-order valence-electron chi connectivity index (χ2n) is 4.65. The highest BCUT2D eigenvalue weighted by Crippen LogP contribution is 2.20. The minimum atomic E-state index is -0.449. The van der Waals surface area contributed by atoms with Crippen molar-refractivity contribution in [2.45, 2.75) is 6.61 Å². The van der Waals surface area contributed by atoms with E-state index in [1.54, 1.807) is 30.5 Å². The van der Waals surface area contributed by atoms with E-state index in [0.29, 0.717) is 17.2 Å². The van der Waals surface area contributed by atoms with Gasteiger partial charge in [-0.25, -0.2) is 4.79 Å². The molecule has 0 bridgehead atoms. The molecule has 2 aromatic heterocycles. The van der Waals surface area contributed by atoms with Gasteiger partial charge in [-0.1, -0.05) is 33.2 Å². The Morgan fingerprint density at radius 3 is 2.78 bits per heavy atom. The number of carbonyl (C=O) groups excluding carboxylic acids is 1. The molecule has 0 aliphatic carbocycles. The van der Waals surface area contributed by atoms with Crippen molar-refractivity contribution in [3.8, 4) is 11.5 Å². The van der Waals surface area contributed by atoms with Gasteiger partial charge in [0.2, 0.25) is 5.76 Å². The number of aromatic nitrogens is 1. The minimum absolute atomic E-state index is 0.0354. The quantitative estimate of drug-likeness (QED) is 0.488. The number of ether oxygens (including phenoxy) is 1. The molecule has 5 nitrogen and oxygen atoms in total. The van der Waals surface area contributed by atoms with E-state index >= 15 is 0 Å². The van der Waals surface area contributed by atoms with Crippen LogP contribution in [0.1, 0.15) is 11.3 Å². The van der Waals surface area contributed by atoms with Crippen LogP contribution in [-0.2, 0) is 16.1 Å². The number of halogens is 1. The normalized spacial score (nSPS) is 11.0. The fraction of sp³-hybridized carbons (Fsp3) is 0.0588. The molecule has 0 fully saturated rings. The van der Waals surface area contributed by atoms with E-state index in [9.17, 15) is 4.79 Å². The number of hydrogen-bond acceptors (Lipinski definition) is 5. The maximum atomic E-state index is 11.7. The first-order valence-corrected chi connectivity index (χ1v) is 7.60. The summed E-state index contributed by atoms with van der Waals surface area (Å²) in [5, 5.41) is 3.83. The van der Waals surface area contributed by atoms with Crippen LogP contribution in [0.5, 0.6) is 0 Å². The van der Waals surface area contributed by atoms with Crippen LogP contribution >= 0.6 is 15.9 Å². The van der Waals surface area contributed by atoms with Gasteiger partial charge in [-0.3, -0.25) is 0 Å². The lowest BCUT2D eigenvalue weighted by molar-refractivity contribution is -0.139. The van der Waals surface area contributed by atoms with Gasteiger partial charge in [0.15, 0.2) is 5.76 Å². The lowest BCUT2D eigenvalue weighted by Gasteiger charge is -1.97.